The SMILES string of the molecule is CN(CC(N)=O)C[C@H]1CN(c2ccnc3cc(Cl)ccc23)CCO1. The molecule has 1 atom stereocenters. The number of aromatic nitrogens is 1. The molecule has 2 N–H and O–H groups in total. The van der Waals surface area contributed by atoms with Gasteiger partial charge in [-0.05, 0) is 31.3 Å². The quantitative estimate of drug-likeness (QED) is 0.886. The van der Waals surface area contributed by atoms with Gasteiger partial charge in [-0.15, -0.1) is 0 Å². The van der Waals surface area contributed by atoms with Crippen molar-refractivity contribution in [1.29, 1.82) is 0 Å². The van der Waals surface area contributed by atoms with Gasteiger partial charge in [0.25, 0.3) is 0 Å². The maximum Gasteiger partial charge on any atom is 0.231 e. The van der Waals surface area contributed by atoms with E-state index in [0.29, 0.717) is 18.2 Å². The number of primary amides is 1. The molecular formula is C17H21ClN4O2. The highest BCUT2D eigenvalue weighted by Gasteiger charge is 2.23. The van der Waals surface area contributed by atoms with Crippen LogP contribution in [0, 0.1) is 0 Å². The summed E-state index contributed by atoms with van der Waals surface area (Å²) in [7, 11) is 1.87. The summed E-state index contributed by atoms with van der Waals surface area (Å²) in [5.74, 6) is -0.331. The summed E-state index contributed by atoms with van der Waals surface area (Å²) in [6.45, 7) is 3.11. The highest BCUT2D eigenvalue weighted by molar-refractivity contribution is 6.31. The summed E-state index contributed by atoms with van der Waals surface area (Å²) in [5.41, 5.74) is 7.25. The lowest BCUT2D eigenvalue weighted by atomic mass is 10.1. The lowest BCUT2D eigenvalue weighted by molar-refractivity contribution is -0.119. The molecule has 0 saturated carbocycles. The maximum atomic E-state index is 11.0. The fraction of sp³-hybridized carbons (Fsp3) is 0.412. The summed E-state index contributed by atoms with van der Waals surface area (Å²) in [4.78, 5) is 19.6. The molecular weight excluding hydrogens is 328 g/mol. The molecule has 24 heavy (non-hydrogen) atoms. The Morgan fingerprint density at radius 3 is 3.12 bits per heavy atom. The molecule has 128 valence electrons. The molecule has 1 aromatic carbocycles. The predicted molar refractivity (Wildman–Crippen MR) is 95.4 cm³/mol. The molecule has 0 unspecified atom stereocenters. The van der Waals surface area contributed by atoms with E-state index in [2.05, 4.69) is 9.88 Å². The Hall–Kier alpha value is -1.89. The first kappa shape index (κ1) is 17.0. The molecule has 1 saturated heterocycles. The number of pyridine rings is 1. The first-order valence-electron chi connectivity index (χ1n) is 7.90. The van der Waals surface area contributed by atoms with Gasteiger partial charge in [-0.1, -0.05) is 11.6 Å². The topological polar surface area (TPSA) is 71.7 Å². The number of ether oxygens (including phenoxy) is 1. The second-order valence-corrected chi connectivity index (χ2v) is 6.53. The molecule has 1 aromatic heterocycles. The first-order chi connectivity index (χ1) is 11.5. The number of anilines is 1. The van der Waals surface area contributed by atoms with Crippen molar-refractivity contribution < 1.29 is 9.53 Å². The predicted octanol–water partition coefficient (Wildman–Crippen LogP) is 1.51. The first-order valence-corrected chi connectivity index (χ1v) is 8.28. The number of carbonyl (C=O) groups excluding carboxylic acids is 1. The van der Waals surface area contributed by atoms with E-state index in [0.717, 1.165) is 29.7 Å². The molecule has 0 radical (unpaired) electrons. The zero-order chi connectivity index (χ0) is 17.1. The zero-order valence-electron chi connectivity index (χ0n) is 13.6. The van der Waals surface area contributed by atoms with Crippen LogP contribution in [0.3, 0.4) is 0 Å². The summed E-state index contributed by atoms with van der Waals surface area (Å²) in [5, 5.41) is 1.76. The third kappa shape index (κ3) is 3.95. The van der Waals surface area contributed by atoms with Crippen LogP contribution in [0.1, 0.15) is 0 Å². The van der Waals surface area contributed by atoms with Crippen molar-refractivity contribution in [2.24, 2.45) is 5.73 Å². The fourth-order valence-corrected chi connectivity index (χ4v) is 3.28. The largest absolute Gasteiger partial charge is 0.373 e. The Labute approximate surface area is 146 Å². The van der Waals surface area contributed by atoms with Crippen LogP contribution in [-0.2, 0) is 9.53 Å². The minimum atomic E-state index is -0.331. The normalized spacial score (nSPS) is 18.3. The van der Waals surface area contributed by atoms with Crippen molar-refractivity contribution in [3.05, 3.63) is 35.5 Å². The van der Waals surface area contributed by atoms with E-state index in [9.17, 15) is 4.79 Å². The van der Waals surface area contributed by atoms with E-state index >= 15 is 0 Å². The van der Waals surface area contributed by atoms with E-state index in [1.165, 1.54) is 0 Å². The fourth-order valence-electron chi connectivity index (χ4n) is 3.11. The van der Waals surface area contributed by atoms with Crippen LogP contribution < -0.4 is 10.6 Å². The number of likely N-dealkylation sites (N-methyl/N-ethyl adjacent to an activating group) is 1. The standard InChI is InChI=1S/C17H21ClN4O2/c1-21(11-17(19)23)9-13-10-22(6-7-24-13)16-4-5-20-15-8-12(18)2-3-14(15)16/h2-5,8,13H,6-7,9-11H2,1H3,(H2,19,23)/t13-/m0/s1. The highest BCUT2D eigenvalue weighted by Crippen LogP contribution is 2.28. The van der Waals surface area contributed by atoms with Gasteiger partial charge in [-0.2, -0.15) is 0 Å². The number of halogens is 1. The minimum absolute atomic E-state index is 0.0265. The molecule has 2 heterocycles. The second-order valence-electron chi connectivity index (χ2n) is 6.09. The van der Waals surface area contributed by atoms with Crippen LogP contribution in [0.15, 0.2) is 30.5 Å². The van der Waals surface area contributed by atoms with Crippen LogP contribution in [-0.4, -0.2) is 61.7 Å². The van der Waals surface area contributed by atoms with Gasteiger partial charge in [0, 0.05) is 41.9 Å². The number of fused-ring (bicyclic) bond motifs is 1. The summed E-state index contributed by atoms with van der Waals surface area (Å²) in [6, 6.07) is 7.78. The van der Waals surface area contributed by atoms with Gasteiger partial charge in [0.1, 0.15) is 0 Å². The number of hydrogen-bond acceptors (Lipinski definition) is 5. The molecule has 0 spiro atoms. The van der Waals surface area contributed by atoms with Gasteiger partial charge in [-0.25, -0.2) is 0 Å². The van der Waals surface area contributed by atoms with Gasteiger partial charge in [0.05, 0.1) is 24.8 Å². The molecule has 0 aliphatic carbocycles. The Bertz CT molecular complexity index is 740. The molecule has 1 aliphatic rings. The van der Waals surface area contributed by atoms with Gasteiger partial charge in [0.2, 0.25) is 5.91 Å². The average Bonchev–Trinajstić information content (AvgIpc) is 2.53. The van der Waals surface area contributed by atoms with Gasteiger partial charge in [0.15, 0.2) is 0 Å². The second kappa shape index (κ2) is 7.34. The molecule has 1 amide bonds. The summed E-state index contributed by atoms with van der Waals surface area (Å²) < 4.78 is 5.84. The molecule has 2 aromatic rings. The number of amides is 1. The van der Waals surface area contributed by atoms with Crippen LogP contribution in [0.2, 0.25) is 5.02 Å². The lowest BCUT2D eigenvalue weighted by Gasteiger charge is -2.36. The minimum Gasteiger partial charge on any atom is -0.373 e. The van der Waals surface area contributed by atoms with Crippen molar-refractivity contribution >= 4 is 34.1 Å². The Morgan fingerprint density at radius 2 is 2.33 bits per heavy atom. The maximum absolute atomic E-state index is 11.0. The van der Waals surface area contributed by atoms with E-state index in [1.54, 1.807) is 6.20 Å². The van der Waals surface area contributed by atoms with E-state index in [-0.39, 0.29) is 18.6 Å². The molecule has 7 heteroatoms. The number of nitrogens with zero attached hydrogens (tertiary/aromatic N) is 3. The zero-order valence-corrected chi connectivity index (χ0v) is 14.4. The van der Waals surface area contributed by atoms with Crippen molar-refractivity contribution in [3.63, 3.8) is 0 Å². The van der Waals surface area contributed by atoms with Gasteiger partial charge >= 0.3 is 0 Å². The van der Waals surface area contributed by atoms with Gasteiger partial charge in [-0.3, -0.25) is 14.7 Å². The molecule has 6 nitrogen and oxygen atoms in total. The number of rotatable bonds is 5. The van der Waals surface area contributed by atoms with Gasteiger partial charge < -0.3 is 15.4 Å². The smallest absolute Gasteiger partial charge is 0.231 e. The van der Waals surface area contributed by atoms with Crippen LogP contribution in [0.4, 0.5) is 5.69 Å². The molecule has 3 rings (SSSR count). The average molecular weight is 349 g/mol. The van der Waals surface area contributed by atoms with Crippen molar-refractivity contribution in [2.45, 2.75) is 6.10 Å². The van der Waals surface area contributed by atoms with Crippen molar-refractivity contribution in [1.82, 2.24) is 9.88 Å². The third-order valence-electron chi connectivity index (χ3n) is 4.10. The Balaban J connectivity index is 1.76. The van der Waals surface area contributed by atoms with Crippen molar-refractivity contribution in [3.8, 4) is 0 Å². The Kier molecular flexibility index (Phi) is 5.18. The number of nitrogens with two attached hydrogens (primary N) is 1. The summed E-state index contributed by atoms with van der Waals surface area (Å²) >= 11 is 6.06. The molecule has 1 aliphatic heterocycles. The number of carbonyl (C=O) groups is 1. The monoisotopic (exact) mass is 348 g/mol. The van der Waals surface area contributed by atoms with E-state index in [4.69, 9.17) is 22.1 Å². The summed E-state index contributed by atoms with van der Waals surface area (Å²) in [6.07, 6.45) is 1.83. The lowest BCUT2D eigenvalue weighted by Crippen LogP contribution is -2.48. The van der Waals surface area contributed by atoms with E-state index in [1.807, 2.05) is 36.2 Å². The van der Waals surface area contributed by atoms with Crippen LogP contribution >= 0.6 is 11.6 Å². The number of benzene rings is 1. The van der Waals surface area contributed by atoms with Crippen LogP contribution in [0.25, 0.3) is 10.9 Å². The highest BCUT2D eigenvalue weighted by atomic mass is 35.5. The number of hydrogen-bond donors (Lipinski definition) is 1. The van der Waals surface area contributed by atoms with Crippen LogP contribution in [0.5, 0.6) is 0 Å². The van der Waals surface area contributed by atoms with E-state index < -0.39 is 0 Å². The Morgan fingerprint density at radius 1 is 1.50 bits per heavy atom. The number of morpholine rings is 1. The molecule has 1 fully saturated rings. The van der Waals surface area contributed by atoms with Crippen molar-refractivity contribution in [2.75, 3.05) is 44.7 Å². The third-order valence-corrected chi connectivity index (χ3v) is 4.34. The molecule has 0 bridgehead atoms.